The summed E-state index contributed by atoms with van der Waals surface area (Å²) >= 11 is 6.18. The number of benzene rings is 5. The zero-order valence-electron chi connectivity index (χ0n) is 53.5. The zero-order valence-corrected chi connectivity index (χ0v) is 54.3. The molecule has 23 nitrogen and oxygen atoms in total. The Morgan fingerprint density at radius 1 is 0.511 bits per heavy atom. The second-order valence-corrected chi connectivity index (χ2v) is 25.5. The summed E-state index contributed by atoms with van der Waals surface area (Å²) in [5.74, 6) is 0.828. The fraction of sp³-hybridized carbons (Fsp3) is 0.441. The Hall–Kier alpha value is -8.13. The van der Waals surface area contributed by atoms with Gasteiger partial charge in [0, 0.05) is 109 Å². The highest BCUT2D eigenvalue weighted by molar-refractivity contribution is 6.34. The molecule has 3 saturated heterocycles. The van der Waals surface area contributed by atoms with Gasteiger partial charge in [-0.15, -0.1) is 0 Å². The van der Waals surface area contributed by atoms with Crippen molar-refractivity contribution in [1.29, 1.82) is 0 Å². The average molecular weight is 1290 g/mol. The van der Waals surface area contributed by atoms with Crippen LogP contribution in [0.4, 0.5) is 10.6 Å². The molecule has 494 valence electrons. The van der Waals surface area contributed by atoms with Gasteiger partial charge in [0.05, 0.1) is 39.0 Å². The molecule has 0 bridgehead atoms. The first-order valence-electron chi connectivity index (χ1n) is 30.7. The Bertz CT molecular complexity index is 3620. The van der Waals surface area contributed by atoms with Crippen molar-refractivity contribution in [2.24, 2.45) is 0 Å². The van der Waals surface area contributed by atoms with Crippen molar-refractivity contribution in [3.05, 3.63) is 137 Å². The van der Waals surface area contributed by atoms with E-state index in [0.717, 1.165) is 57.4 Å². The molecule has 0 unspecified atom stereocenters. The fourth-order valence-electron chi connectivity index (χ4n) is 10.5. The Morgan fingerprint density at radius 3 is 1.36 bits per heavy atom. The van der Waals surface area contributed by atoms with E-state index in [2.05, 4.69) is 20.2 Å². The molecular formula is C68H87ClN10O13. The SMILES string of the molecule is CC(C)(O)C[C@@H](O)C(=O)N1CCN(C(=O)OCc2ccccc2)CC1.CC(C)(O)C[C@@H](O)C(=O)N1CCNCC1.Cc1ccc2c(Cl)nc(-c3ccccc3O)nc2c1.Cc1ccc2c(N3CCN(C(=O)[C@H](O)CC(C)(C)O)CC3)nc(-c3ccccc3O)nc2c1. The Labute approximate surface area is 541 Å². The maximum absolute atomic E-state index is 12.6. The van der Waals surface area contributed by atoms with E-state index in [1.165, 1.54) is 4.90 Å². The van der Waals surface area contributed by atoms with Crippen LogP contribution in [-0.2, 0) is 25.7 Å². The van der Waals surface area contributed by atoms with E-state index in [1.54, 1.807) is 92.6 Å². The first-order chi connectivity index (χ1) is 43.4. The number of rotatable bonds is 14. The van der Waals surface area contributed by atoms with Crippen molar-refractivity contribution in [2.45, 2.75) is 116 Å². The number of phenols is 2. The number of ether oxygens (including phenoxy) is 1. The predicted molar refractivity (Wildman–Crippen MR) is 352 cm³/mol. The van der Waals surface area contributed by atoms with Crippen LogP contribution in [0.15, 0.2) is 115 Å². The number of aromatic nitrogens is 4. The van der Waals surface area contributed by atoms with Crippen molar-refractivity contribution in [3.8, 4) is 34.3 Å². The molecule has 10 rings (SSSR count). The zero-order chi connectivity index (χ0) is 67.1. The molecule has 24 heteroatoms. The molecule has 0 saturated carbocycles. The molecule has 3 aliphatic heterocycles. The van der Waals surface area contributed by atoms with Crippen molar-refractivity contribution in [3.63, 3.8) is 0 Å². The number of fused-ring (bicyclic) bond motifs is 2. The smallest absolute Gasteiger partial charge is 0.410 e. The first kappa shape index (κ1) is 71.3. The summed E-state index contributed by atoms with van der Waals surface area (Å²) in [7, 11) is 0. The van der Waals surface area contributed by atoms with E-state index in [1.807, 2.05) is 92.7 Å². The molecule has 92 heavy (non-hydrogen) atoms. The number of carbonyl (C=O) groups excluding carboxylic acids is 4. The monoisotopic (exact) mass is 1290 g/mol. The number of hydrogen-bond donors (Lipinski definition) is 9. The van der Waals surface area contributed by atoms with E-state index in [4.69, 9.17) is 26.3 Å². The minimum absolute atomic E-state index is 0.00806. The number of piperazine rings is 3. The van der Waals surface area contributed by atoms with Gasteiger partial charge in [-0.1, -0.05) is 78.3 Å². The molecule has 9 N–H and O–H groups in total. The maximum atomic E-state index is 12.6. The van der Waals surface area contributed by atoms with Crippen LogP contribution < -0.4 is 10.2 Å². The van der Waals surface area contributed by atoms with Gasteiger partial charge in [-0.3, -0.25) is 14.4 Å². The number of phenolic OH excluding ortho intramolecular Hbond substituents is 2. The standard InChI is InChI=1S/C25H30N4O4.C18H26N2O5.C15H11ClN2O.C10H20N2O3/c1-16-8-9-17-19(14-16)26-22(18-6-4-5-7-20(18)30)27-23(17)28-10-12-29(13-11-28)24(32)21(31)15-25(2,3)33;1-18(2,24)12-15(21)16(22)19-8-10-20(11-9-19)17(23)25-13-14-6-4-3-5-7-14;1-9-6-7-10-12(8-9)17-15(18-14(10)16)11-4-2-3-5-13(11)19;1-10(2,15)7-8(13)9(14)12-5-3-11-4-6-12/h4-9,14,21,30-31,33H,10-13,15H2,1-3H3;3-7,15,21,24H,8-13H2,1-2H3;2-8,19H,1H3;8,11,13,15H,3-7H2,1-2H3/t21-;15-;;8-/m11.1/s1. The summed E-state index contributed by atoms with van der Waals surface area (Å²) < 4.78 is 5.28. The summed E-state index contributed by atoms with van der Waals surface area (Å²) in [5, 5.41) is 84.4. The van der Waals surface area contributed by atoms with Crippen LogP contribution in [-0.4, -0.2) is 218 Å². The van der Waals surface area contributed by atoms with Crippen molar-refractivity contribution in [2.75, 3.05) is 83.4 Å². The molecule has 4 amide bonds. The topological polar surface area (TPSA) is 319 Å². The number of aryl methyl sites for hydroxylation is 2. The van der Waals surface area contributed by atoms with Gasteiger partial charge in [-0.2, -0.15) is 0 Å². The van der Waals surface area contributed by atoms with Gasteiger partial charge >= 0.3 is 6.09 Å². The van der Waals surface area contributed by atoms with Gasteiger partial charge in [0.1, 0.15) is 47.4 Å². The number of amides is 4. The van der Waals surface area contributed by atoms with E-state index in [0.29, 0.717) is 93.4 Å². The minimum Gasteiger partial charge on any atom is -0.507 e. The number of nitrogens with zero attached hydrogens (tertiary/aromatic N) is 9. The largest absolute Gasteiger partial charge is 0.507 e. The molecule has 5 aromatic carbocycles. The van der Waals surface area contributed by atoms with E-state index in [-0.39, 0.29) is 49.2 Å². The second kappa shape index (κ2) is 31.9. The third-order valence-corrected chi connectivity index (χ3v) is 15.5. The fourth-order valence-corrected chi connectivity index (χ4v) is 10.7. The van der Waals surface area contributed by atoms with Gasteiger partial charge in [-0.25, -0.2) is 24.7 Å². The van der Waals surface area contributed by atoms with E-state index < -0.39 is 47.1 Å². The molecule has 0 spiro atoms. The lowest BCUT2D eigenvalue weighted by Gasteiger charge is -2.37. The maximum Gasteiger partial charge on any atom is 0.410 e. The molecule has 3 fully saturated rings. The predicted octanol–water partition coefficient (Wildman–Crippen LogP) is 6.37. The number of halogens is 1. The molecule has 5 heterocycles. The summed E-state index contributed by atoms with van der Waals surface area (Å²) in [6, 6.07) is 35.2. The first-order valence-corrected chi connectivity index (χ1v) is 31.1. The Balaban J connectivity index is 0.000000181. The highest BCUT2D eigenvalue weighted by atomic mass is 35.5. The van der Waals surface area contributed by atoms with Crippen LogP contribution in [0.2, 0.25) is 5.15 Å². The van der Waals surface area contributed by atoms with Gasteiger partial charge < -0.3 is 75.4 Å². The number of aromatic hydroxyl groups is 2. The molecule has 7 aromatic rings. The number of anilines is 1. The van der Waals surface area contributed by atoms with Crippen LogP contribution in [0.3, 0.4) is 0 Å². The van der Waals surface area contributed by atoms with E-state index in [9.17, 15) is 60.0 Å². The molecule has 0 radical (unpaired) electrons. The van der Waals surface area contributed by atoms with Crippen LogP contribution in [0.1, 0.15) is 77.5 Å². The van der Waals surface area contributed by atoms with Crippen molar-refractivity contribution in [1.82, 2.24) is 44.9 Å². The number of carbonyl (C=O) groups is 4. The molecule has 3 atom stereocenters. The van der Waals surface area contributed by atoms with Crippen LogP contribution in [0.5, 0.6) is 11.5 Å². The molecule has 0 aliphatic carbocycles. The Kier molecular flexibility index (Phi) is 24.8. The molecule has 3 aliphatic rings. The lowest BCUT2D eigenvalue weighted by Crippen LogP contribution is -2.53. The lowest BCUT2D eigenvalue weighted by atomic mass is 10.00. The highest BCUT2D eigenvalue weighted by Crippen LogP contribution is 2.34. The lowest BCUT2D eigenvalue weighted by molar-refractivity contribution is -0.145. The van der Waals surface area contributed by atoms with Gasteiger partial charge in [0.15, 0.2) is 11.6 Å². The van der Waals surface area contributed by atoms with Gasteiger partial charge in [0.25, 0.3) is 17.7 Å². The summed E-state index contributed by atoms with van der Waals surface area (Å²) in [4.78, 5) is 75.3. The molecular weight excluding hydrogens is 1200 g/mol. The highest BCUT2D eigenvalue weighted by Gasteiger charge is 2.34. The third-order valence-electron chi connectivity index (χ3n) is 15.2. The minimum atomic E-state index is -1.24. The quantitative estimate of drug-likeness (QED) is 0.0534. The van der Waals surface area contributed by atoms with Gasteiger partial charge in [-0.05, 0) is 121 Å². The van der Waals surface area contributed by atoms with E-state index >= 15 is 0 Å². The number of hydrogen-bond acceptors (Lipinski definition) is 19. The number of aliphatic hydroxyl groups excluding tert-OH is 3. The average Bonchev–Trinajstić information content (AvgIpc) is 0.791. The van der Waals surface area contributed by atoms with Gasteiger partial charge in [0.2, 0.25) is 0 Å². The molecule has 2 aromatic heterocycles. The number of para-hydroxylation sites is 2. The van der Waals surface area contributed by atoms with Crippen molar-refractivity contribution >= 4 is 63.0 Å². The van der Waals surface area contributed by atoms with Crippen molar-refractivity contribution < 1.29 is 64.8 Å². The number of aliphatic hydroxyl groups is 6. The van der Waals surface area contributed by atoms with Crippen LogP contribution >= 0.6 is 11.6 Å². The number of nitrogens with one attached hydrogen (secondary N) is 1. The second-order valence-electron chi connectivity index (χ2n) is 25.1. The third kappa shape index (κ3) is 20.9. The normalized spacial score (nSPS) is 15.6. The Morgan fingerprint density at radius 2 is 0.902 bits per heavy atom. The summed E-state index contributed by atoms with van der Waals surface area (Å²) in [5.41, 5.74) is 2.56. The summed E-state index contributed by atoms with van der Waals surface area (Å²) in [6.07, 6.45) is -3.92. The van der Waals surface area contributed by atoms with Crippen LogP contribution in [0.25, 0.3) is 44.6 Å². The van der Waals surface area contributed by atoms with Crippen LogP contribution in [0, 0.1) is 13.8 Å². The summed E-state index contributed by atoms with van der Waals surface area (Å²) in [6.45, 7) is 19.7.